The van der Waals surface area contributed by atoms with Gasteiger partial charge in [-0.15, -0.1) is 0 Å². The molecule has 19 heavy (non-hydrogen) atoms. The average Bonchev–Trinajstić information content (AvgIpc) is 2.38. The number of hydrogen-bond donors (Lipinski definition) is 1. The molecule has 0 heterocycles. The molecular weight excluding hydrogens is 238 g/mol. The van der Waals surface area contributed by atoms with Crippen molar-refractivity contribution in [1.29, 1.82) is 0 Å². The van der Waals surface area contributed by atoms with Crippen molar-refractivity contribution in [2.45, 2.75) is 13.8 Å². The SMILES string of the molecule is Cc1ccc(N(C)c2ccc(C(=O)O)cc2)c(C)c1. The number of hydrogen-bond acceptors (Lipinski definition) is 2. The first kappa shape index (κ1) is 13.1. The molecule has 0 spiro atoms. The Labute approximate surface area is 113 Å². The van der Waals surface area contributed by atoms with Gasteiger partial charge in [-0.25, -0.2) is 4.79 Å². The Kier molecular flexibility index (Phi) is 3.56. The lowest BCUT2D eigenvalue weighted by molar-refractivity contribution is 0.0697. The fourth-order valence-corrected chi connectivity index (χ4v) is 2.15. The maximum atomic E-state index is 10.8. The van der Waals surface area contributed by atoms with Crippen LogP contribution in [0.3, 0.4) is 0 Å². The summed E-state index contributed by atoms with van der Waals surface area (Å²) in [5, 5.41) is 8.89. The second-order valence-electron chi connectivity index (χ2n) is 4.70. The lowest BCUT2D eigenvalue weighted by Gasteiger charge is -2.22. The molecule has 0 aliphatic rings. The summed E-state index contributed by atoms with van der Waals surface area (Å²) in [4.78, 5) is 12.9. The van der Waals surface area contributed by atoms with E-state index in [2.05, 4.69) is 36.9 Å². The minimum Gasteiger partial charge on any atom is -0.478 e. The predicted molar refractivity (Wildman–Crippen MR) is 77.4 cm³/mol. The monoisotopic (exact) mass is 255 g/mol. The van der Waals surface area contributed by atoms with Gasteiger partial charge in [0, 0.05) is 18.4 Å². The zero-order valence-corrected chi connectivity index (χ0v) is 11.3. The third kappa shape index (κ3) is 2.76. The number of carboxylic acids is 1. The largest absolute Gasteiger partial charge is 0.478 e. The van der Waals surface area contributed by atoms with Gasteiger partial charge < -0.3 is 10.0 Å². The average molecular weight is 255 g/mol. The van der Waals surface area contributed by atoms with Crippen molar-refractivity contribution in [3.8, 4) is 0 Å². The zero-order chi connectivity index (χ0) is 14.0. The topological polar surface area (TPSA) is 40.5 Å². The lowest BCUT2D eigenvalue weighted by Crippen LogP contribution is -2.11. The number of aryl methyl sites for hydroxylation is 2. The first-order chi connectivity index (χ1) is 8.99. The lowest BCUT2D eigenvalue weighted by atomic mass is 10.1. The van der Waals surface area contributed by atoms with E-state index in [9.17, 15) is 4.79 Å². The number of carboxylic acid groups (broad SMARTS) is 1. The van der Waals surface area contributed by atoms with Crippen molar-refractivity contribution in [2.75, 3.05) is 11.9 Å². The van der Waals surface area contributed by atoms with Crippen LogP contribution in [-0.2, 0) is 0 Å². The van der Waals surface area contributed by atoms with E-state index in [4.69, 9.17) is 5.11 Å². The van der Waals surface area contributed by atoms with Crippen LogP contribution in [0.2, 0.25) is 0 Å². The van der Waals surface area contributed by atoms with E-state index in [0.29, 0.717) is 5.56 Å². The number of aromatic carboxylic acids is 1. The van der Waals surface area contributed by atoms with Crippen molar-refractivity contribution in [3.63, 3.8) is 0 Å². The highest BCUT2D eigenvalue weighted by Gasteiger charge is 2.08. The summed E-state index contributed by atoms with van der Waals surface area (Å²) in [7, 11) is 1.98. The second-order valence-corrected chi connectivity index (χ2v) is 4.70. The summed E-state index contributed by atoms with van der Waals surface area (Å²) in [6.07, 6.45) is 0. The van der Waals surface area contributed by atoms with Crippen LogP contribution in [0.25, 0.3) is 0 Å². The Hall–Kier alpha value is -2.29. The quantitative estimate of drug-likeness (QED) is 0.907. The number of anilines is 2. The van der Waals surface area contributed by atoms with E-state index in [1.54, 1.807) is 12.1 Å². The van der Waals surface area contributed by atoms with Crippen molar-refractivity contribution in [2.24, 2.45) is 0 Å². The standard InChI is InChI=1S/C16H17NO2/c1-11-4-9-15(12(2)10-11)17(3)14-7-5-13(6-8-14)16(18)19/h4-10H,1-3H3,(H,18,19). The minimum absolute atomic E-state index is 0.303. The summed E-state index contributed by atoms with van der Waals surface area (Å²) in [5.74, 6) is -0.902. The van der Waals surface area contributed by atoms with E-state index in [1.807, 2.05) is 19.2 Å². The van der Waals surface area contributed by atoms with Gasteiger partial charge in [0.15, 0.2) is 0 Å². The Morgan fingerprint density at radius 1 is 1.05 bits per heavy atom. The molecule has 3 nitrogen and oxygen atoms in total. The van der Waals surface area contributed by atoms with Crippen LogP contribution in [0.1, 0.15) is 21.5 Å². The highest BCUT2D eigenvalue weighted by molar-refractivity contribution is 5.88. The van der Waals surface area contributed by atoms with Gasteiger partial charge in [-0.1, -0.05) is 17.7 Å². The molecule has 0 saturated heterocycles. The highest BCUT2D eigenvalue weighted by atomic mass is 16.4. The Morgan fingerprint density at radius 2 is 1.68 bits per heavy atom. The van der Waals surface area contributed by atoms with Gasteiger partial charge in [-0.3, -0.25) is 0 Å². The van der Waals surface area contributed by atoms with Crippen LogP contribution in [0.15, 0.2) is 42.5 Å². The number of nitrogens with zero attached hydrogens (tertiary/aromatic N) is 1. The van der Waals surface area contributed by atoms with Gasteiger partial charge in [0.1, 0.15) is 0 Å². The number of benzene rings is 2. The van der Waals surface area contributed by atoms with Crippen LogP contribution >= 0.6 is 0 Å². The second kappa shape index (κ2) is 5.14. The van der Waals surface area contributed by atoms with Gasteiger partial charge >= 0.3 is 5.97 Å². The maximum absolute atomic E-state index is 10.8. The van der Waals surface area contributed by atoms with Crippen LogP contribution < -0.4 is 4.90 Å². The fraction of sp³-hybridized carbons (Fsp3) is 0.188. The number of rotatable bonds is 3. The third-order valence-electron chi connectivity index (χ3n) is 3.22. The van der Waals surface area contributed by atoms with Crippen molar-refractivity contribution in [1.82, 2.24) is 0 Å². The van der Waals surface area contributed by atoms with Gasteiger partial charge in [0.25, 0.3) is 0 Å². The van der Waals surface area contributed by atoms with Crippen molar-refractivity contribution < 1.29 is 9.90 Å². The van der Waals surface area contributed by atoms with Gasteiger partial charge in [-0.2, -0.15) is 0 Å². The Morgan fingerprint density at radius 3 is 2.21 bits per heavy atom. The first-order valence-electron chi connectivity index (χ1n) is 6.13. The van der Waals surface area contributed by atoms with Crippen LogP contribution in [-0.4, -0.2) is 18.1 Å². The van der Waals surface area contributed by atoms with Crippen molar-refractivity contribution in [3.05, 3.63) is 59.2 Å². The first-order valence-corrected chi connectivity index (χ1v) is 6.13. The molecule has 0 unspecified atom stereocenters. The van der Waals surface area contributed by atoms with Crippen LogP contribution in [0.4, 0.5) is 11.4 Å². The molecular formula is C16H17NO2. The zero-order valence-electron chi connectivity index (χ0n) is 11.3. The third-order valence-corrected chi connectivity index (χ3v) is 3.22. The van der Waals surface area contributed by atoms with E-state index < -0.39 is 5.97 Å². The molecule has 2 aromatic rings. The molecule has 0 bridgehead atoms. The molecule has 0 atom stereocenters. The van der Waals surface area contributed by atoms with Gasteiger partial charge in [0.2, 0.25) is 0 Å². The van der Waals surface area contributed by atoms with Crippen molar-refractivity contribution >= 4 is 17.3 Å². The molecule has 0 aliphatic carbocycles. The molecule has 98 valence electrons. The molecule has 2 aromatic carbocycles. The highest BCUT2D eigenvalue weighted by Crippen LogP contribution is 2.27. The molecule has 0 aromatic heterocycles. The molecule has 3 heteroatoms. The number of carbonyl (C=O) groups is 1. The van der Waals surface area contributed by atoms with Crippen LogP contribution in [0.5, 0.6) is 0 Å². The summed E-state index contributed by atoms with van der Waals surface area (Å²) < 4.78 is 0. The molecule has 0 fully saturated rings. The van der Waals surface area contributed by atoms with E-state index >= 15 is 0 Å². The fourth-order valence-electron chi connectivity index (χ4n) is 2.15. The van der Waals surface area contributed by atoms with Gasteiger partial charge in [0.05, 0.1) is 5.56 Å². The predicted octanol–water partition coefficient (Wildman–Crippen LogP) is 3.77. The maximum Gasteiger partial charge on any atom is 0.335 e. The van der Waals surface area contributed by atoms with E-state index in [1.165, 1.54) is 11.1 Å². The molecule has 1 N–H and O–H groups in total. The molecule has 0 saturated carbocycles. The Bertz CT molecular complexity index is 603. The Balaban J connectivity index is 2.33. The van der Waals surface area contributed by atoms with E-state index in [-0.39, 0.29) is 0 Å². The summed E-state index contributed by atoms with van der Waals surface area (Å²) >= 11 is 0. The molecule has 0 amide bonds. The van der Waals surface area contributed by atoms with Gasteiger partial charge in [-0.05, 0) is 49.7 Å². The van der Waals surface area contributed by atoms with Crippen LogP contribution in [0, 0.1) is 13.8 Å². The summed E-state index contributed by atoms with van der Waals surface area (Å²) in [5.41, 5.74) is 4.82. The normalized spacial score (nSPS) is 10.3. The van der Waals surface area contributed by atoms with E-state index in [0.717, 1.165) is 11.4 Å². The summed E-state index contributed by atoms with van der Waals surface area (Å²) in [6.45, 7) is 4.14. The molecule has 0 radical (unpaired) electrons. The molecule has 2 rings (SSSR count). The summed E-state index contributed by atoms with van der Waals surface area (Å²) in [6, 6.07) is 13.2. The molecule has 0 aliphatic heterocycles. The minimum atomic E-state index is -0.902. The smallest absolute Gasteiger partial charge is 0.335 e.